The third-order valence-electron chi connectivity index (χ3n) is 4.43. The van der Waals surface area contributed by atoms with Crippen LogP contribution in [0.5, 0.6) is 5.75 Å². The van der Waals surface area contributed by atoms with E-state index >= 15 is 0 Å². The first kappa shape index (κ1) is 16.1. The smallest absolute Gasteiger partial charge is 0.261 e. The van der Waals surface area contributed by atoms with Crippen LogP contribution in [0.25, 0.3) is 10.8 Å². The largest absolute Gasteiger partial charge is 0.486 e. The summed E-state index contributed by atoms with van der Waals surface area (Å²) in [4.78, 5) is 24.8. The number of imide groups is 1. The molecule has 0 atom stereocenters. The Kier molecular flexibility index (Phi) is 4.05. The molecule has 2 N–H and O–H groups in total. The molecule has 0 bridgehead atoms. The van der Waals surface area contributed by atoms with Crippen molar-refractivity contribution in [1.82, 2.24) is 5.32 Å². The summed E-state index contributed by atoms with van der Waals surface area (Å²) in [6.45, 7) is 2.92. The zero-order valence-corrected chi connectivity index (χ0v) is 14.3. The molecule has 1 aliphatic heterocycles. The third-order valence-corrected chi connectivity index (χ3v) is 4.43. The van der Waals surface area contributed by atoms with Gasteiger partial charge in [-0.05, 0) is 17.9 Å². The van der Waals surface area contributed by atoms with E-state index in [1.165, 1.54) is 0 Å². The second kappa shape index (κ2) is 6.52. The fraction of sp³-hybridized carbons (Fsp3) is 0.143. The molecule has 0 unspecified atom stereocenters. The minimum absolute atomic E-state index is 0.360. The van der Waals surface area contributed by atoms with Crippen molar-refractivity contribution in [1.29, 1.82) is 0 Å². The first-order chi connectivity index (χ1) is 12.7. The van der Waals surface area contributed by atoms with Gasteiger partial charge in [0, 0.05) is 11.9 Å². The van der Waals surface area contributed by atoms with Gasteiger partial charge in [0.2, 0.25) is 0 Å². The highest BCUT2D eigenvalue weighted by molar-refractivity contribution is 6.30. The van der Waals surface area contributed by atoms with Crippen LogP contribution in [0, 0.1) is 0 Å². The summed E-state index contributed by atoms with van der Waals surface area (Å²) < 4.78 is 6.14. The number of rotatable bonds is 5. The van der Waals surface area contributed by atoms with E-state index in [4.69, 9.17) is 4.74 Å². The number of hydrogen-bond acceptors (Lipinski definition) is 4. The van der Waals surface area contributed by atoms with Gasteiger partial charge in [0.15, 0.2) is 5.75 Å². The molecule has 0 spiro atoms. The van der Waals surface area contributed by atoms with E-state index in [2.05, 4.69) is 10.6 Å². The Morgan fingerprint density at radius 3 is 2.27 bits per heavy atom. The number of hydrogen-bond donors (Lipinski definition) is 2. The maximum absolute atomic E-state index is 12.4. The number of amides is 2. The van der Waals surface area contributed by atoms with Gasteiger partial charge < -0.3 is 10.1 Å². The van der Waals surface area contributed by atoms with Crippen molar-refractivity contribution >= 4 is 28.3 Å². The predicted octanol–water partition coefficient (Wildman–Crippen LogP) is 3.73. The Morgan fingerprint density at radius 2 is 1.54 bits per heavy atom. The van der Waals surface area contributed by atoms with Gasteiger partial charge in [-0.15, -0.1) is 0 Å². The van der Waals surface area contributed by atoms with Crippen molar-refractivity contribution in [3.8, 4) is 5.75 Å². The molecule has 0 saturated carbocycles. The standard InChI is InChI=1S/C21H18N2O3/c1-2-22-18-17-16(20(24)23-21(17)25)14-10-6-7-11-15(14)19(18)26-12-13-8-4-3-5-9-13/h3-11,22H,2,12H2,1H3,(H,23,24,25). The van der Waals surface area contributed by atoms with E-state index in [-0.39, 0.29) is 5.91 Å². The number of ether oxygens (including phenoxy) is 1. The maximum Gasteiger partial charge on any atom is 0.261 e. The lowest BCUT2D eigenvalue weighted by Gasteiger charge is -2.18. The van der Waals surface area contributed by atoms with Crippen LogP contribution in [0.4, 0.5) is 5.69 Å². The van der Waals surface area contributed by atoms with E-state index < -0.39 is 5.91 Å². The van der Waals surface area contributed by atoms with Gasteiger partial charge in [-0.25, -0.2) is 0 Å². The van der Waals surface area contributed by atoms with Crippen LogP contribution in [0.1, 0.15) is 33.2 Å². The molecule has 1 heterocycles. The van der Waals surface area contributed by atoms with Crippen LogP contribution in [-0.4, -0.2) is 18.4 Å². The Balaban J connectivity index is 1.92. The normalized spacial score (nSPS) is 12.8. The summed E-state index contributed by atoms with van der Waals surface area (Å²) >= 11 is 0. The lowest BCUT2D eigenvalue weighted by molar-refractivity contribution is 0.0880. The van der Waals surface area contributed by atoms with Gasteiger partial charge in [0.05, 0.1) is 16.8 Å². The van der Waals surface area contributed by atoms with Crippen LogP contribution in [0.2, 0.25) is 0 Å². The Bertz CT molecular complexity index is 1010. The third kappa shape index (κ3) is 2.58. The highest BCUT2D eigenvalue weighted by Gasteiger charge is 2.34. The lowest BCUT2D eigenvalue weighted by Crippen LogP contribution is -2.20. The zero-order valence-electron chi connectivity index (χ0n) is 14.3. The summed E-state index contributed by atoms with van der Waals surface area (Å²) in [7, 11) is 0. The summed E-state index contributed by atoms with van der Waals surface area (Å²) in [5, 5.41) is 7.15. The summed E-state index contributed by atoms with van der Waals surface area (Å²) in [5.74, 6) is -0.166. The Morgan fingerprint density at radius 1 is 0.885 bits per heavy atom. The molecule has 0 aliphatic carbocycles. The lowest BCUT2D eigenvalue weighted by atomic mass is 9.97. The van der Waals surface area contributed by atoms with E-state index in [1.54, 1.807) is 0 Å². The van der Waals surface area contributed by atoms with Crippen LogP contribution in [0.15, 0.2) is 54.6 Å². The van der Waals surface area contributed by atoms with E-state index in [0.717, 1.165) is 16.3 Å². The molecule has 3 aromatic carbocycles. The molecule has 0 radical (unpaired) electrons. The monoisotopic (exact) mass is 346 g/mol. The van der Waals surface area contributed by atoms with E-state index in [1.807, 2.05) is 61.5 Å². The number of fused-ring (bicyclic) bond motifs is 3. The SMILES string of the molecule is CCNc1c2c(c3ccccc3c1OCc1ccccc1)C(=O)NC2=O. The van der Waals surface area contributed by atoms with Gasteiger partial charge in [-0.3, -0.25) is 14.9 Å². The van der Waals surface area contributed by atoms with Crippen LogP contribution in [0.3, 0.4) is 0 Å². The fourth-order valence-corrected chi connectivity index (χ4v) is 3.32. The Hall–Kier alpha value is -3.34. The van der Waals surface area contributed by atoms with Crippen molar-refractivity contribution in [2.24, 2.45) is 0 Å². The summed E-state index contributed by atoms with van der Waals surface area (Å²) in [5.41, 5.74) is 2.37. The number of benzene rings is 3. The fourth-order valence-electron chi connectivity index (χ4n) is 3.32. The summed E-state index contributed by atoms with van der Waals surface area (Å²) in [6, 6.07) is 17.3. The average molecular weight is 346 g/mol. The summed E-state index contributed by atoms with van der Waals surface area (Å²) in [6.07, 6.45) is 0. The zero-order chi connectivity index (χ0) is 18.1. The van der Waals surface area contributed by atoms with Gasteiger partial charge >= 0.3 is 0 Å². The van der Waals surface area contributed by atoms with Gasteiger partial charge in [0.25, 0.3) is 11.8 Å². The second-order valence-electron chi connectivity index (χ2n) is 6.09. The highest BCUT2D eigenvalue weighted by atomic mass is 16.5. The quantitative estimate of drug-likeness (QED) is 0.691. The first-order valence-corrected chi connectivity index (χ1v) is 8.55. The van der Waals surface area contributed by atoms with E-state index in [9.17, 15) is 9.59 Å². The predicted molar refractivity (Wildman–Crippen MR) is 101 cm³/mol. The van der Waals surface area contributed by atoms with Crippen LogP contribution in [-0.2, 0) is 6.61 Å². The molecule has 26 heavy (non-hydrogen) atoms. The molecule has 5 heteroatoms. The number of nitrogens with one attached hydrogen (secondary N) is 2. The van der Waals surface area contributed by atoms with Gasteiger partial charge in [-0.2, -0.15) is 0 Å². The van der Waals surface area contributed by atoms with Gasteiger partial charge in [0.1, 0.15) is 6.61 Å². The first-order valence-electron chi connectivity index (χ1n) is 8.55. The van der Waals surface area contributed by atoms with Gasteiger partial charge in [-0.1, -0.05) is 54.6 Å². The van der Waals surface area contributed by atoms with E-state index in [0.29, 0.717) is 35.7 Å². The molecular formula is C21H18N2O3. The van der Waals surface area contributed by atoms with Crippen molar-refractivity contribution in [3.05, 3.63) is 71.3 Å². The van der Waals surface area contributed by atoms with Crippen molar-refractivity contribution < 1.29 is 14.3 Å². The van der Waals surface area contributed by atoms with Crippen molar-refractivity contribution in [3.63, 3.8) is 0 Å². The topological polar surface area (TPSA) is 67.4 Å². The second-order valence-corrected chi connectivity index (χ2v) is 6.09. The number of anilines is 1. The highest BCUT2D eigenvalue weighted by Crippen LogP contribution is 2.42. The van der Waals surface area contributed by atoms with Crippen LogP contribution >= 0.6 is 0 Å². The molecule has 0 aromatic heterocycles. The molecule has 3 aromatic rings. The maximum atomic E-state index is 12.4. The molecule has 130 valence electrons. The molecule has 5 nitrogen and oxygen atoms in total. The minimum atomic E-state index is -0.392. The number of carbonyl (C=O) groups is 2. The average Bonchev–Trinajstić information content (AvgIpc) is 2.96. The molecular weight excluding hydrogens is 328 g/mol. The molecule has 4 rings (SSSR count). The van der Waals surface area contributed by atoms with Crippen molar-refractivity contribution in [2.75, 3.05) is 11.9 Å². The van der Waals surface area contributed by atoms with Crippen molar-refractivity contribution in [2.45, 2.75) is 13.5 Å². The number of carbonyl (C=O) groups excluding carboxylic acids is 2. The molecule has 0 fully saturated rings. The Labute approximate surface area is 151 Å². The minimum Gasteiger partial charge on any atom is -0.486 e. The molecule has 1 aliphatic rings. The molecule has 2 amide bonds. The molecule has 0 saturated heterocycles. The van der Waals surface area contributed by atoms with Crippen LogP contribution < -0.4 is 15.4 Å².